The number of rotatable bonds is 4. The summed E-state index contributed by atoms with van der Waals surface area (Å²) in [5.74, 6) is -1.48. The molecule has 0 atom stereocenters. The van der Waals surface area contributed by atoms with Gasteiger partial charge in [0.05, 0.1) is 21.7 Å². The molecule has 0 aliphatic carbocycles. The number of benzene rings is 3. The van der Waals surface area contributed by atoms with E-state index in [9.17, 15) is 24.5 Å². The van der Waals surface area contributed by atoms with Gasteiger partial charge >= 0.3 is 0 Å². The Morgan fingerprint density at radius 1 is 0.933 bits per heavy atom. The van der Waals surface area contributed by atoms with E-state index in [4.69, 9.17) is 0 Å². The average Bonchev–Trinajstić information content (AvgIpc) is 2.98. The van der Waals surface area contributed by atoms with Crippen molar-refractivity contribution in [3.8, 4) is 0 Å². The summed E-state index contributed by atoms with van der Waals surface area (Å²) in [5, 5.41) is 13.5. The third-order valence-electron chi connectivity index (χ3n) is 4.72. The second kappa shape index (κ2) is 7.25. The number of anilines is 2. The molecule has 1 aliphatic heterocycles. The second-order valence-electron chi connectivity index (χ2n) is 6.81. The van der Waals surface area contributed by atoms with Crippen LogP contribution in [0.5, 0.6) is 0 Å². The first kappa shape index (κ1) is 19.0. The SMILES string of the molecule is Cc1cccc(N2C(=O)c3ccc(NC(=O)c4cccc([N+](=O)[O-])c4)cc3C2=O)c1. The Labute approximate surface area is 170 Å². The van der Waals surface area contributed by atoms with Crippen molar-refractivity contribution in [1.82, 2.24) is 0 Å². The molecule has 0 saturated carbocycles. The summed E-state index contributed by atoms with van der Waals surface area (Å²) < 4.78 is 0. The van der Waals surface area contributed by atoms with Gasteiger partial charge in [-0.3, -0.25) is 24.5 Å². The summed E-state index contributed by atoms with van der Waals surface area (Å²) in [6.07, 6.45) is 0. The molecule has 0 saturated heterocycles. The Morgan fingerprint density at radius 2 is 1.67 bits per heavy atom. The number of nitro benzene ring substituents is 1. The summed E-state index contributed by atoms with van der Waals surface area (Å²) in [6.45, 7) is 1.86. The van der Waals surface area contributed by atoms with Crippen LogP contribution in [0, 0.1) is 17.0 Å². The minimum absolute atomic E-state index is 0.105. The van der Waals surface area contributed by atoms with Crippen molar-refractivity contribution in [2.75, 3.05) is 10.2 Å². The number of carbonyl (C=O) groups is 3. The van der Waals surface area contributed by atoms with Gasteiger partial charge in [0.25, 0.3) is 23.4 Å². The lowest BCUT2D eigenvalue weighted by molar-refractivity contribution is -0.384. The zero-order chi connectivity index (χ0) is 21.4. The first-order chi connectivity index (χ1) is 14.3. The van der Waals surface area contributed by atoms with Crippen LogP contribution in [0.25, 0.3) is 0 Å². The summed E-state index contributed by atoms with van der Waals surface area (Å²) in [4.78, 5) is 49.5. The number of non-ortho nitro benzene ring substituents is 1. The molecular formula is C22H15N3O5. The normalized spacial score (nSPS) is 12.6. The Balaban J connectivity index is 1.61. The number of nitro groups is 1. The van der Waals surface area contributed by atoms with Crippen LogP contribution in [0.3, 0.4) is 0 Å². The van der Waals surface area contributed by atoms with Gasteiger partial charge in [-0.05, 0) is 48.9 Å². The van der Waals surface area contributed by atoms with E-state index in [2.05, 4.69) is 5.32 Å². The molecule has 3 amide bonds. The Kier molecular flexibility index (Phi) is 4.59. The lowest BCUT2D eigenvalue weighted by Crippen LogP contribution is -2.29. The van der Waals surface area contributed by atoms with E-state index in [0.717, 1.165) is 16.5 Å². The summed E-state index contributed by atoms with van der Waals surface area (Å²) in [6, 6.07) is 16.8. The molecule has 0 spiro atoms. The lowest BCUT2D eigenvalue weighted by atomic mass is 10.1. The molecular weight excluding hydrogens is 386 g/mol. The van der Waals surface area contributed by atoms with E-state index < -0.39 is 22.6 Å². The van der Waals surface area contributed by atoms with Crippen molar-refractivity contribution >= 4 is 34.8 Å². The van der Waals surface area contributed by atoms with E-state index in [1.165, 1.54) is 36.4 Å². The van der Waals surface area contributed by atoms with E-state index in [1.807, 2.05) is 13.0 Å². The van der Waals surface area contributed by atoms with Gasteiger partial charge in [-0.15, -0.1) is 0 Å². The maximum atomic E-state index is 12.9. The van der Waals surface area contributed by atoms with Crippen molar-refractivity contribution in [2.24, 2.45) is 0 Å². The fourth-order valence-corrected chi connectivity index (χ4v) is 3.28. The molecule has 1 N–H and O–H groups in total. The number of nitrogens with zero attached hydrogens (tertiary/aromatic N) is 2. The van der Waals surface area contributed by atoms with Crippen LogP contribution in [-0.4, -0.2) is 22.6 Å². The molecule has 0 aromatic heterocycles. The van der Waals surface area contributed by atoms with Gasteiger partial charge in [0, 0.05) is 23.4 Å². The highest BCUT2D eigenvalue weighted by molar-refractivity contribution is 6.34. The van der Waals surface area contributed by atoms with E-state index in [1.54, 1.807) is 18.2 Å². The molecule has 8 nitrogen and oxygen atoms in total. The van der Waals surface area contributed by atoms with E-state index in [-0.39, 0.29) is 22.4 Å². The summed E-state index contributed by atoms with van der Waals surface area (Å²) in [5.41, 5.74) is 2.02. The monoisotopic (exact) mass is 401 g/mol. The molecule has 3 aromatic rings. The van der Waals surface area contributed by atoms with Crippen LogP contribution in [0.1, 0.15) is 36.6 Å². The first-order valence-electron chi connectivity index (χ1n) is 9.00. The van der Waals surface area contributed by atoms with Crippen molar-refractivity contribution < 1.29 is 19.3 Å². The Hall–Kier alpha value is -4.33. The third kappa shape index (κ3) is 3.30. The largest absolute Gasteiger partial charge is 0.322 e. The number of hydrogen-bond donors (Lipinski definition) is 1. The molecule has 0 bridgehead atoms. The van der Waals surface area contributed by atoms with E-state index in [0.29, 0.717) is 11.4 Å². The highest BCUT2D eigenvalue weighted by Gasteiger charge is 2.36. The first-order valence-corrected chi connectivity index (χ1v) is 9.00. The molecule has 8 heteroatoms. The van der Waals surface area contributed by atoms with Crippen molar-refractivity contribution in [2.45, 2.75) is 6.92 Å². The number of amides is 3. The van der Waals surface area contributed by atoms with Crippen LogP contribution in [0.4, 0.5) is 17.1 Å². The van der Waals surface area contributed by atoms with Gasteiger partial charge in [0.1, 0.15) is 0 Å². The van der Waals surface area contributed by atoms with Gasteiger partial charge in [-0.25, -0.2) is 4.90 Å². The molecule has 0 fully saturated rings. The van der Waals surface area contributed by atoms with Crippen LogP contribution < -0.4 is 10.2 Å². The summed E-state index contributed by atoms with van der Waals surface area (Å²) >= 11 is 0. The number of nitrogens with one attached hydrogen (secondary N) is 1. The Morgan fingerprint density at radius 3 is 2.40 bits per heavy atom. The number of imide groups is 1. The molecule has 1 aliphatic rings. The van der Waals surface area contributed by atoms with Gasteiger partial charge in [-0.2, -0.15) is 0 Å². The maximum Gasteiger partial charge on any atom is 0.270 e. The van der Waals surface area contributed by atoms with Gasteiger partial charge in [-0.1, -0.05) is 18.2 Å². The van der Waals surface area contributed by atoms with Gasteiger partial charge in [0.15, 0.2) is 0 Å². The quantitative estimate of drug-likeness (QED) is 0.404. The Bertz CT molecular complexity index is 1230. The molecule has 4 rings (SSSR count). The third-order valence-corrected chi connectivity index (χ3v) is 4.72. The maximum absolute atomic E-state index is 12.9. The topological polar surface area (TPSA) is 110 Å². The van der Waals surface area contributed by atoms with Crippen molar-refractivity contribution in [1.29, 1.82) is 0 Å². The zero-order valence-electron chi connectivity index (χ0n) is 15.8. The van der Waals surface area contributed by atoms with Crippen LogP contribution in [0.15, 0.2) is 66.7 Å². The van der Waals surface area contributed by atoms with Gasteiger partial charge < -0.3 is 5.32 Å². The standard InChI is InChI=1S/C22H15N3O5/c1-13-4-2-6-16(10-13)24-21(27)18-9-8-15(12-19(18)22(24)28)23-20(26)14-5-3-7-17(11-14)25(29)30/h2-12H,1H3,(H,23,26). The predicted octanol–water partition coefficient (Wildman–Crippen LogP) is 3.96. The molecule has 148 valence electrons. The fourth-order valence-electron chi connectivity index (χ4n) is 3.28. The van der Waals surface area contributed by atoms with Gasteiger partial charge in [0.2, 0.25) is 0 Å². The number of hydrogen-bond acceptors (Lipinski definition) is 5. The smallest absolute Gasteiger partial charge is 0.270 e. The molecule has 1 heterocycles. The molecule has 0 unspecified atom stereocenters. The van der Waals surface area contributed by atoms with Crippen molar-refractivity contribution in [3.63, 3.8) is 0 Å². The van der Waals surface area contributed by atoms with Crippen LogP contribution in [-0.2, 0) is 0 Å². The van der Waals surface area contributed by atoms with Crippen LogP contribution >= 0.6 is 0 Å². The fraction of sp³-hybridized carbons (Fsp3) is 0.0455. The molecule has 30 heavy (non-hydrogen) atoms. The average molecular weight is 401 g/mol. The molecule has 0 radical (unpaired) electrons. The van der Waals surface area contributed by atoms with Crippen LogP contribution in [0.2, 0.25) is 0 Å². The van der Waals surface area contributed by atoms with Crippen molar-refractivity contribution in [3.05, 3.63) is 99.1 Å². The molecule has 3 aromatic carbocycles. The zero-order valence-corrected chi connectivity index (χ0v) is 15.8. The summed E-state index contributed by atoms with van der Waals surface area (Å²) in [7, 11) is 0. The highest BCUT2D eigenvalue weighted by atomic mass is 16.6. The minimum atomic E-state index is -0.587. The second-order valence-corrected chi connectivity index (χ2v) is 6.81. The van der Waals surface area contributed by atoms with E-state index >= 15 is 0 Å². The number of aryl methyl sites for hydroxylation is 1. The highest BCUT2D eigenvalue weighted by Crippen LogP contribution is 2.30. The lowest BCUT2D eigenvalue weighted by Gasteiger charge is -2.14. The number of carbonyl (C=O) groups excluding carboxylic acids is 3. The predicted molar refractivity (Wildman–Crippen MR) is 110 cm³/mol. The number of fused-ring (bicyclic) bond motifs is 1. The minimum Gasteiger partial charge on any atom is -0.322 e.